The Kier molecular flexibility index (Phi) is 8.91. The van der Waals surface area contributed by atoms with E-state index in [0.29, 0.717) is 39.8 Å². The number of piperazine rings is 1. The number of likely N-dealkylation sites (tertiary alicyclic amines) is 1. The van der Waals surface area contributed by atoms with Crippen LogP contribution >= 0.6 is 11.3 Å². The predicted octanol–water partition coefficient (Wildman–Crippen LogP) is 4.33. The summed E-state index contributed by atoms with van der Waals surface area (Å²) in [6.45, 7) is 11.7. The number of halogens is 3. The third-order valence-corrected chi connectivity index (χ3v) is 10.9. The second kappa shape index (κ2) is 12.6. The van der Waals surface area contributed by atoms with Crippen LogP contribution in [0.15, 0.2) is 24.2 Å². The van der Waals surface area contributed by atoms with Crippen LogP contribution in [0.25, 0.3) is 10.2 Å². The van der Waals surface area contributed by atoms with Gasteiger partial charge in [-0.05, 0) is 49.7 Å². The summed E-state index contributed by atoms with van der Waals surface area (Å²) < 4.78 is 38.7. The quantitative estimate of drug-likeness (QED) is 0.462. The number of aromatic nitrogens is 2. The van der Waals surface area contributed by atoms with E-state index in [-0.39, 0.29) is 10.9 Å². The Bertz CT molecular complexity index is 1290. The summed E-state index contributed by atoms with van der Waals surface area (Å²) in [5.41, 5.74) is 0.870. The first-order chi connectivity index (χ1) is 20.3. The Balaban J connectivity index is 1.00. The van der Waals surface area contributed by atoms with Crippen molar-refractivity contribution in [3.05, 3.63) is 29.0 Å². The van der Waals surface area contributed by atoms with E-state index in [1.807, 2.05) is 0 Å². The van der Waals surface area contributed by atoms with Gasteiger partial charge in [0.2, 0.25) is 0 Å². The first-order valence-corrected chi connectivity index (χ1v) is 16.2. The largest absolute Gasteiger partial charge is 0.393 e. The van der Waals surface area contributed by atoms with E-state index in [4.69, 9.17) is 0 Å². The fourth-order valence-electron chi connectivity index (χ4n) is 7.51. The van der Waals surface area contributed by atoms with E-state index in [0.717, 1.165) is 95.2 Å². The number of fused-ring (bicyclic) bond motifs is 2. The van der Waals surface area contributed by atoms with Gasteiger partial charge in [0, 0.05) is 81.8 Å². The van der Waals surface area contributed by atoms with E-state index < -0.39 is 12.6 Å². The normalized spacial score (nSPS) is 28.1. The lowest BCUT2D eigenvalue weighted by Crippen LogP contribution is -2.49. The lowest BCUT2D eigenvalue weighted by Gasteiger charge is -2.44. The second-order valence-corrected chi connectivity index (χ2v) is 13.6. The summed E-state index contributed by atoms with van der Waals surface area (Å²) in [7, 11) is 0. The molecule has 4 atom stereocenters. The van der Waals surface area contributed by atoms with Crippen LogP contribution < -0.4 is 10.6 Å². The van der Waals surface area contributed by atoms with Crippen molar-refractivity contribution in [2.45, 2.75) is 57.3 Å². The highest BCUT2D eigenvalue weighted by Crippen LogP contribution is 2.44. The van der Waals surface area contributed by atoms with Gasteiger partial charge in [0.25, 0.3) is 0 Å². The number of anilines is 1. The fourth-order valence-corrected chi connectivity index (χ4v) is 8.53. The lowest BCUT2D eigenvalue weighted by molar-refractivity contribution is -0.126. The van der Waals surface area contributed by atoms with Gasteiger partial charge in [-0.2, -0.15) is 18.4 Å². The smallest absolute Gasteiger partial charge is 0.367 e. The minimum atomic E-state index is -4.23. The van der Waals surface area contributed by atoms with E-state index in [9.17, 15) is 18.4 Å². The Morgan fingerprint density at radius 2 is 1.86 bits per heavy atom. The molecule has 228 valence electrons. The minimum absolute atomic E-state index is 0.235. The number of thiophene rings is 1. The molecule has 2 N–H and O–H groups in total. The summed E-state index contributed by atoms with van der Waals surface area (Å²) in [5.74, 6) is 2.22. The summed E-state index contributed by atoms with van der Waals surface area (Å²) in [6, 6.07) is 4.77. The molecule has 42 heavy (non-hydrogen) atoms. The van der Waals surface area contributed by atoms with Crippen LogP contribution in [0.2, 0.25) is 0 Å². The topological polar surface area (TPSA) is 83.3 Å². The molecular formula is C30H41F3N8S. The lowest BCUT2D eigenvalue weighted by atomic mass is 9.70. The molecule has 6 rings (SSSR count). The maximum absolute atomic E-state index is 12.9. The molecule has 3 aliphatic heterocycles. The van der Waals surface area contributed by atoms with Crippen molar-refractivity contribution in [1.29, 1.82) is 5.26 Å². The van der Waals surface area contributed by atoms with Gasteiger partial charge in [-0.3, -0.25) is 4.90 Å². The van der Waals surface area contributed by atoms with Crippen LogP contribution in [0.1, 0.15) is 37.5 Å². The average Bonchev–Trinajstić information content (AvgIpc) is 3.55. The van der Waals surface area contributed by atoms with Gasteiger partial charge in [0.05, 0.1) is 11.8 Å². The molecule has 2 aromatic rings. The highest BCUT2D eigenvalue weighted by atomic mass is 32.1. The van der Waals surface area contributed by atoms with Crippen LogP contribution in [-0.2, 0) is 6.42 Å². The number of nitriles is 1. The van der Waals surface area contributed by atoms with Crippen LogP contribution in [0, 0.1) is 29.1 Å². The Morgan fingerprint density at radius 1 is 1.07 bits per heavy atom. The van der Waals surface area contributed by atoms with E-state index in [1.165, 1.54) is 12.7 Å². The summed E-state index contributed by atoms with van der Waals surface area (Å²) in [5, 5.41) is 17.5. The molecule has 8 nitrogen and oxygen atoms in total. The Morgan fingerprint density at radius 3 is 2.60 bits per heavy atom. The zero-order chi connectivity index (χ0) is 29.3. The van der Waals surface area contributed by atoms with Crippen molar-refractivity contribution < 1.29 is 13.2 Å². The number of piperidine rings is 1. The summed E-state index contributed by atoms with van der Waals surface area (Å²) in [6.07, 6.45) is 2.80. The maximum atomic E-state index is 12.9. The molecule has 0 amide bonds. The van der Waals surface area contributed by atoms with Gasteiger partial charge in [-0.1, -0.05) is 6.92 Å². The third-order valence-electron chi connectivity index (χ3n) is 9.85. The van der Waals surface area contributed by atoms with Gasteiger partial charge in [0.1, 0.15) is 28.7 Å². The number of allylic oxidation sites excluding steroid dienone is 1. The molecule has 1 aliphatic carbocycles. The van der Waals surface area contributed by atoms with Crippen molar-refractivity contribution in [3.63, 3.8) is 0 Å². The zero-order valence-corrected chi connectivity index (χ0v) is 25.1. The van der Waals surface area contributed by atoms with Crippen molar-refractivity contribution in [2.24, 2.45) is 17.8 Å². The molecule has 0 radical (unpaired) electrons. The van der Waals surface area contributed by atoms with Gasteiger partial charge in [-0.15, -0.1) is 11.3 Å². The third kappa shape index (κ3) is 6.69. The number of nitrogens with zero attached hydrogens (tertiary/aromatic N) is 6. The monoisotopic (exact) mass is 602 g/mol. The molecule has 4 unspecified atom stereocenters. The van der Waals surface area contributed by atoms with Crippen molar-refractivity contribution in [2.75, 3.05) is 64.2 Å². The van der Waals surface area contributed by atoms with Crippen LogP contribution in [0.3, 0.4) is 0 Å². The number of hydrogen-bond donors (Lipinski definition) is 2. The van der Waals surface area contributed by atoms with Crippen molar-refractivity contribution >= 4 is 27.4 Å². The molecule has 12 heteroatoms. The van der Waals surface area contributed by atoms with Crippen molar-refractivity contribution in [1.82, 2.24) is 30.0 Å². The molecule has 2 saturated heterocycles. The van der Waals surface area contributed by atoms with Crippen LogP contribution in [-0.4, -0.2) is 102 Å². The standard InChI is InChI=1S/C30H41F3N8S/c1-20-21(2-3-27-25(20)14-23(17-34)41(27)13-12-39-10-6-35-7-11-39)18-40-8-4-22(5-9-40)38-28-26-15-24(16-30(31,32)33)42-29(26)37-19-36-28/h14-15,19-22,25,27,35H,2-13,16,18H2,1H3,(H,36,37,38). The predicted molar refractivity (Wildman–Crippen MR) is 159 cm³/mol. The number of nitrogens with one attached hydrogen (secondary N) is 2. The maximum Gasteiger partial charge on any atom is 0.393 e. The second-order valence-electron chi connectivity index (χ2n) is 12.5. The average molecular weight is 603 g/mol. The molecule has 2 aromatic heterocycles. The number of rotatable bonds is 8. The molecule has 0 spiro atoms. The fraction of sp³-hybridized carbons (Fsp3) is 0.700. The highest BCUT2D eigenvalue weighted by molar-refractivity contribution is 7.18. The number of hydrogen-bond acceptors (Lipinski definition) is 9. The minimum Gasteiger partial charge on any atom is -0.367 e. The van der Waals surface area contributed by atoms with Gasteiger partial charge < -0.3 is 20.4 Å². The highest BCUT2D eigenvalue weighted by Gasteiger charge is 2.43. The summed E-state index contributed by atoms with van der Waals surface area (Å²) >= 11 is 1.09. The molecule has 5 heterocycles. The SMILES string of the molecule is CC1C(CN2CCC(Nc3ncnc4sc(CC(F)(F)F)cc34)CC2)CCC2C1C=C(C#N)N2CCN1CCNCC1. The molecule has 0 bridgehead atoms. The Labute approximate surface area is 250 Å². The Hall–Kier alpha value is -2.46. The first kappa shape index (κ1) is 29.6. The molecule has 1 saturated carbocycles. The van der Waals surface area contributed by atoms with Gasteiger partial charge in [-0.25, -0.2) is 9.97 Å². The first-order valence-electron chi connectivity index (χ1n) is 15.4. The summed E-state index contributed by atoms with van der Waals surface area (Å²) in [4.78, 5) is 16.9. The van der Waals surface area contributed by atoms with Crippen LogP contribution in [0.5, 0.6) is 0 Å². The van der Waals surface area contributed by atoms with Gasteiger partial charge in [0.15, 0.2) is 0 Å². The molecule has 3 fully saturated rings. The van der Waals surface area contributed by atoms with E-state index >= 15 is 0 Å². The van der Waals surface area contributed by atoms with E-state index in [1.54, 1.807) is 6.07 Å². The van der Waals surface area contributed by atoms with Gasteiger partial charge >= 0.3 is 6.18 Å². The van der Waals surface area contributed by atoms with Crippen LogP contribution in [0.4, 0.5) is 19.0 Å². The van der Waals surface area contributed by atoms with E-state index in [2.05, 4.69) is 54.4 Å². The molecular weight excluding hydrogens is 561 g/mol. The molecule has 0 aromatic carbocycles. The number of alkyl halides is 3. The van der Waals surface area contributed by atoms with Crippen molar-refractivity contribution in [3.8, 4) is 6.07 Å². The molecule has 4 aliphatic rings. The zero-order valence-electron chi connectivity index (χ0n) is 24.2.